The van der Waals surface area contributed by atoms with Gasteiger partial charge in [-0.1, -0.05) is 24.3 Å². The van der Waals surface area contributed by atoms with Gasteiger partial charge in [0.25, 0.3) is 0 Å². The Balaban J connectivity index is 2.53. The van der Waals surface area contributed by atoms with E-state index in [9.17, 15) is 4.79 Å². The lowest BCUT2D eigenvalue weighted by molar-refractivity contribution is 0.100. The van der Waals surface area contributed by atoms with E-state index >= 15 is 0 Å². The number of anilines is 1. The Kier molecular flexibility index (Phi) is 2.83. The molecule has 3 nitrogen and oxygen atoms in total. The molecule has 2 aromatic carbocycles. The molecule has 2 rings (SSSR count). The third-order valence-corrected chi connectivity index (χ3v) is 2.67. The number of nitrogen functional groups attached to an aromatic ring is 1. The van der Waals surface area contributed by atoms with Crippen molar-refractivity contribution in [1.82, 2.24) is 0 Å². The highest BCUT2D eigenvalue weighted by molar-refractivity contribution is 5.94. The van der Waals surface area contributed by atoms with E-state index in [1.165, 1.54) is 0 Å². The van der Waals surface area contributed by atoms with E-state index in [1.807, 2.05) is 31.2 Å². The Morgan fingerprint density at radius 3 is 2.53 bits per heavy atom. The summed E-state index contributed by atoms with van der Waals surface area (Å²) in [5, 5.41) is 0. The molecule has 0 unspecified atom stereocenters. The van der Waals surface area contributed by atoms with Crippen LogP contribution in [0, 0.1) is 6.92 Å². The first-order chi connectivity index (χ1) is 8.08. The number of benzene rings is 2. The number of hydrogen-bond acceptors (Lipinski definition) is 2. The van der Waals surface area contributed by atoms with Crippen molar-refractivity contribution in [2.75, 3.05) is 5.73 Å². The molecule has 0 bridgehead atoms. The summed E-state index contributed by atoms with van der Waals surface area (Å²) < 4.78 is 0. The number of carbonyl (C=O) groups is 1. The Morgan fingerprint density at radius 2 is 1.88 bits per heavy atom. The van der Waals surface area contributed by atoms with Crippen LogP contribution in [0.15, 0.2) is 42.5 Å². The molecule has 0 aliphatic carbocycles. The predicted molar refractivity (Wildman–Crippen MR) is 69.5 cm³/mol. The van der Waals surface area contributed by atoms with Gasteiger partial charge < -0.3 is 11.5 Å². The van der Waals surface area contributed by atoms with Gasteiger partial charge in [-0.3, -0.25) is 4.79 Å². The van der Waals surface area contributed by atoms with Crippen molar-refractivity contribution in [2.45, 2.75) is 6.92 Å². The van der Waals surface area contributed by atoms with Gasteiger partial charge in [0.05, 0.1) is 0 Å². The zero-order chi connectivity index (χ0) is 12.4. The lowest BCUT2D eigenvalue weighted by Crippen LogP contribution is -2.10. The van der Waals surface area contributed by atoms with Gasteiger partial charge in [0.2, 0.25) is 5.91 Å². The molecule has 1 amide bonds. The molecule has 17 heavy (non-hydrogen) atoms. The molecule has 4 N–H and O–H groups in total. The molecule has 3 heteroatoms. The van der Waals surface area contributed by atoms with E-state index in [1.54, 1.807) is 18.2 Å². The summed E-state index contributed by atoms with van der Waals surface area (Å²) in [6.07, 6.45) is 0. The molecule has 0 aromatic heterocycles. The van der Waals surface area contributed by atoms with E-state index in [2.05, 4.69) is 0 Å². The highest BCUT2D eigenvalue weighted by Gasteiger charge is 2.05. The van der Waals surface area contributed by atoms with Crippen molar-refractivity contribution >= 4 is 11.6 Å². The van der Waals surface area contributed by atoms with Gasteiger partial charge in [0.15, 0.2) is 0 Å². The van der Waals surface area contributed by atoms with Crippen LogP contribution in [0.1, 0.15) is 15.9 Å². The fourth-order valence-corrected chi connectivity index (χ4v) is 1.79. The Morgan fingerprint density at radius 1 is 1.12 bits per heavy atom. The third-order valence-electron chi connectivity index (χ3n) is 2.67. The highest BCUT2D eigenvalue weighted by atomic mass is 16.1. The van der Waals surface area contributed by atoms with Crippen LogP contribution in [-0.2, 0) is 0 Å². The van der Waals surface area contributed by atoms with Gasteiger partial charge in [-0.2, -0.15) is 0 Å². The number of amides is 1. The Labute approximate surface area is 100 Å². The number of hydrogen-bond donors (Lipinski definition) is 2. The van der Waals surface area contributed by atoms with Crippen molar-refractivity contribution in [3.8, 4) is 11.1 Å². The monoisotopic (exact) mass is 226 g/mol. The minimum absolute atomic E-state index is 0.433. The van der Waals surface area contributed by atoms with Crippen LogP contribution in [0.2, 0.25) is 0 Å². The van der Waals surface area contributed by atoms with Gasteiger partial charge in [0, 0.05) is 16.8 Å². The van der Waals surface area contributed by atoms with Crippen molar-refractivity contribution < 1.29 is 4.79 Å². The SMILES string of the molecule is Cc1ccc(-c2cccc(C(N)=O)c2)c(N)c1. The van der Waals surface area contributed by atoms with Gasteiger partial charge in [-0.25, -0.2) is 0 Å². The van der Waals surface area contributed by atoms with Crippen molar-refractivity contribution in [1.29, 1.82) is 0 Å². The van der Waals surface area contributed by atoms with Gasteiger partial charge in [-0.05, 0) is 36.2 Å². The molecule has 0 radical (unpaired) electrons. The number of aryl methyl sites for hydroxylation is 1. The number of primary amides is 1. The molecular formula is C14H14N2O. The summed E-state index contributed by atoms with van der Waals surface area (Å²) in [7, 11) is 0. The molecular weight excluding hydrogens is 212 g/mol. The van der Waals surface area contributed by atoms with Crippen LogP contribution in [0.4, 0.5) is 5.69 Å². The van der Waals surface area contributed by atoms with Crippen LogP contribution in [0.25, 0.3) is 11.1 Å². The smallest absolute Gasteiger partial charge is 0.248 e. The zero-order valence-electron chi connectivity index (χ0n) is 9.60. The Bertz CT molecular complexity index is 576. The second kappa shape index (κ2) is 4.29. The second-order valence-electron chi connectivity index (χ2n) is 4.04. The van der Waals surface area contributed by atoms with Crippen LogP contribution >= 0.6 is 0 Å². The second-order valence-corrected chi connectivity index (χ2v) is 4.04. The first kappa shape index (κ1) is 11.2. The third kappa shape index (κ3) is 2.28. The predicted octanol–water partition coefficient (Wildman–Crippen LogP) is 2.34. The molecule has 0 atom stereocenters. The summed E-state index contributed by atoms with van der Waals surface area (Å²) in [5.74, 6) is -0.433. The number of carbonyl (C=O) groups excluding carboxylic acids is 1. The van der Waals surface area contributed by atoms with Crippen LogP contribution in [-0.4, -0.2) is 5.91 Å². The molecule has 0 spiro atoms. The largest absolute Gasteiger partial charge is 0.398 e. The van der Waals surface area contributed by atoms with Crippen molar-refractivity contribution in [2.24, 2.45) is 5.73 Å². The van der Waals surface area contributed by atoms with E-state index < -0.39 is 5.91 Å². The lowest BCUT2D eigenvalue weighted by Gasteiger charge is -2.07. The van der Waals surface area contributed by atoms with Gasteiger partial charge >= 0.3 is 0 Å². The van der Waals surface area contributed by atoms with Crippen LogP contribution in [0.3, 0.4) is 0 Å². The minimum atomic E-state index is -0.433. The number of nitrogens with two attached hydrogens (primary N) is 2. The summed E-state index contributed by atoms with van der Waals surface area (Å²) >= 11 is 0. The summed E-state index contributed by atoms with van der Waals surface area (Å²) in [4.78, 5) is 11.1. The molecule has 0 saturated carbocycles. The fraction of sp³-hybridized carbons (Fsp3) is 0.0714. The minimum Gasteiger partial charge on any atom is -0.398 e. The van der Waals surface area contributed by atoms with E-state index in [-0.39, 0.29) is 0 Å². The van der Waals surface area contributed by atoms with Gasteiger partial charge in [0.1, 0.15) is 0 Å². The summed E-state index contributed by atoms with van der Waals surface area (Å²) in [6, 6.07) is 13.0. The fourth-order valence-electron chi connectivity index (χ4n) is 1.79. The maximum Gasteiger partial charge on any atom is 0.248 e. The van der Waals surface area contributed by atoms with Crippen LogP contribution in [0.5, 0.6) is 0 Å². The molecule has 2 aromatic rings. The quantitative estimate of drug-likeness (QED) is 0.772. The molecule has 0 aliphatic heterocycles. The zero-order valence-corrected chi connectivity index (χ0v) is 9.60. The first-order valence-corrected chi connectivity index (χ1v) is 5.34. The van der Waals surface area contributed by atoms with E-state index in [0.29, 0.717) is 11.3 Å². The molecule has 0 saturated heterocycles. The average Bonchev–Trinajstić information content (AvgIpc) is 2.29. The van der Waals surface area contributed by atoms with E-state index in [4.69, 9.17) is 11.5 Å². The topological polar surface area (TPSA) is 69.1 Å². The van der Waals surface area contributed by atoms with Gasteiger partial charge in [-0.15, -0.1) is 0 Å². The Hall–Kier alpha value is -2.29. The first-order valence-electron chi connectivity index (χ1n) is 5.34. The standard InChI is InChI=1S/C14H14N2O/c1-9-5-6-12(13(15)7-9)10-3-2-4-11(8-10)14(16)17/h2-8H,15H2,1H3,(H2,16,17). The van der Waals surface area contributed by atoms with Crippen molar-refractivity contribution in [3.05, 3.63) is 53.6 Å². The maximum atomic E-state index is 11.1. The van der Waals surface area contributed by atoms with E-state index in [0.717, 1.165) is 16.7 Å². The number of rotatable bonds is 2. The highest BCUT2D eigenvalue weighted by Crippen LogP contribution is 2.27. The summed E-state index contributed by atoms with van der Waals surface area (Å²) in [6.45, 7) is 1.99. The lowest BCUT2D eigenvalue weighted by atomic mass is 10.00. The normalized spacial score (nSPS) is 10.2. The molecule has 86 valence electrons. The van der Waals surface area contributed by atoms with Crippen LogP contribution < -0.4 is 11.5 Å². The maximum absolute atomic E-state index is 11.1. The van der Waals surface area contributed by atoms with Crippen molar-refractivity contribution in [3.63, 3.8) is 0 Å². The molecule has 0 heterocycles. The average molecular weight is 226 g/mol. The molecule has 0 aliphatic rings. The molecule has 0 fully saturated rings. The summed E-state index contributed by atoms with van der Waals surface area (Å²) in [5.41, 5.74) is 15.3.